The number of nitrogens with zero attached hydrogens (tertiary/aromatic N) is 1. The Morgan fingerprint density at radius 1 is 1.33 bits per heavy atom. The van der Waals surface area contributed by atoms with E-state index in [4.69, 9.17) is 0 Å². The SMILES string of the molecule is CNC(c1cncc(F)c1)c1cccc(Br)c1C. The fourth-order valence-electron chi connectivity index (χ4n) is 2.02. The van der Waals surface area contributed by atoms with Crippen LogP contribution in [0.4, 0.5) is 4.39 Å². The Kier molecular flexibility index (Phi) is 4.09. The molecule has 94 valence electrons. The first-order valence-corrected chi connectivity index (χ1v) is 6.45. The maximum absolute atomic E-state index is 13.3. The number of aromatic nitrogens is 1. The summed E-state index contributed by atoms with van der Waals surface area (Å²) in [5, 5.41) is 3.20. The first-order valence-electron chi connectivity index (χ1n) is 5.66. The molecule has 0 aliphatic rings. The molecular weight excluding hydrogens is 295 g/mol. The maximum atomic E-state index is 13.3. The predicted octanol–water partition coefficient (Wildman–Crippen LogP) is 3.60. The topological polar surface area (TPSA) is 24.9 Å². The highest BCUT2D eigenvalue weighted by Gasteiger charge is 2.16. The van der Waals surface area contributed by atoms with E-state index < -0.39 is 0 Å². The summed E-state index contributed by atoms with van der Waals surface area (Å²) in [5.41, 5.74) is 3.07. The van der Waals surface area contributed by atoms with Gasteiger partial charge in [0.15, 0.2) is 0 Å². The molecule has 0 aliphatic heterocycles. The minimum atomic E-state index is -0.319. The summed E-state index contributed by atoms with van der Waals surface area (Å²) in [6.07, 6.45) is 2.90. The Morgan fingerprint density at radius 3 is 2.78 bits per heavy atom. The van der Waals surface area contributed by atoms with Crippen molar-refractivity contribution in [1.82, 2.24) is 10.3 Å². The molecule has 2 rings (SSSR count). The van der Waals surface area contributed by atoms with Crippen LogP contribution in [0.15, 0.2) is 41.1 Å². The van der Waals surface area contributed by atoms with Crippen molar-refractivity contribution in [3.63, 3.8) is 0 Å². The molecule has 1 heterocycles. The van der Waals surface area contributed by atoms with Crippen molar-refractivity contribution in [1.29, 1.82) is 0 Å². The first-order chi connectivity index (χ1) is 8.63. The fraction of sp³-hybridized carbons (Fsp3) is 0.214. The number of pyridine rings is 1. The molecule has 0 saturated carbocycles. The molecule has 1 N–H and O–H groups in total. The van der Waals surface area contributed by atoms with Crippen LogP contribution < -0.4 is 5.32 Å². The molecule has 1 aromatic heterocycles. The molecule has 0 saturated heterocycles. The van der Waals surface area contributed by atoms with Crippen molar-refractivity contribution in [3.8, 4) is 0 Å². The van der Waals surface area contributed by atoms with Crippen LogP contribution in [0.5, 0.6) is 0 Å². The molecule has 0 amide bonds. The van der Waals surface area contributed by atoms with Crippen molar-refractivity contribution in [2.45, 2.75) is 13.0 Å². The number of hydrogen-bond donors (Lipinski definition) is 1. The van der Waals surface area contributed by atoms with Gasteiger partial charge in [-0.1, -0.05) is 28.1 Å². The van der Waals surface area contributed by atoms with Crippen molar-refractivity contribution in [2.75, 3.05) is 7.05 Å². The van der Waals surface area contributed by atoms with E-state index in [1.165, 1.54) is 12.3 Å². The Morgan fingerprint density at radius 2 is 2.11 bits per heavy atom. The lowest BCUT2D eigenvalue weighted by Crippen LogP contribution is -2.19. The van der Waals surface area contributed by atoms with E-state index in [1.54, 1.807) is 6.20 Å². The molecule has 4 heteroatoms. The number of benzene rings is 1. The Hall–Kier alpha value is -1.26. The minimum Gasteiger partial charge on any atom is -0.309 e. The highest BCUT2D eigenvalue weighted by molar-refractivity contribution is 9.10. The van der Waals surface area contributed by atoms with E-state index in [9.17, 15) is 4.39 Å². The predicted molar refractivity (Wildman–Crippen MR) is 74.0 cm³/mol. The normalized spacial score (nSPS) is 12.4. The summed E-state index contributed by atoms with van der Waals surface area (Å²) >= 11 is 3.51. The van der Waals surface area contributed by atoms with Gasteiger partial charge in [-0.15, -0.1) is 0 Å². The van der Waals surface area contributed by atoms with Crippen LogP contribution >= 0.6 is 15.9 Å². The van der Waals surface area contributed by atoms with E-state index in [-0.39, 0.29) is 11.9 Å². The highest BCUT2D eigenvalue weighted by atomic mass is 79.9. The molecule has 1 aromatic carbocycles. The zero-order valence-electron chi connectivity index (χ0n) is 10.2. The third kappa shape index (κ3) is 2.60. The largest absolute Gasteiger partial charge is 0.309 e. The molecule has 0 fully saturated rings. The second kappa shape index (κ2) is 5.59. The van der Waals surface area contributed by atoms with Gasteiger partial charge >= 0.3 is 0 Å². The molecule has 0 bridgehead atoms. The molecule has 1 unspecified atom stereocenters. The quantitative estimate of drug-likeness (QED) is 0.937. The summed E-state index contributed by atoms with van der Waals surface area (Å²) in [6.45, 7) is 2.04. The molecule has 0 radical (unpaired) electrons. The van der Waals surface area contributed by atoms with Crippen LogP contribution in [0.3, 0.4) is 0 Å². The molecular formula is C14H14BrFN2. The number of halogens is 2. The smallest absolute Gasteiger partial charge is 0.141 e. The van der Waals surface area contributed by atoms with Gasteiger partial charge in [-0.2, -0.15) is 0 Å². The molecule has 2 aromatic rings. The van der Waals surface area contributed by atoms with Gasteiger partial charge in [-0.3, -0.25) is 4.98 Å². The number of rotatable bonds is 3. The summed E-state index contributed by atoms with van der Waals surface area (Å²) in [4.78, 5) is 3.90. The van der Waals surface area contributed by atoms with E-state index in [1.807, 2.05) is 32.2 Å². The monoisotopic (exact) mass is 308 g/mol. The van der Waals surface area contributed by atoms with E-state index >= 15 is 0 Å². The van der Waals surface area contributed by atoms with Gasteiger partial charge in [-0.25, -0.2) is 4.39 Å². The Bertz CT molecular complexity index is 557. The van der Waals surface area contributed by atoms with E-state index in [2.05, 4.69) is 26.2 Å². The zero-order valence-corrected chi connectivity index (χ0v) is 11.8. The lowest BCUT2D eigenvalue weighted by Gasteiger charge is -2.19. The standard InChI is InChI=1S/C14H14BrFN2/c1-9-12(4-3-5-13(9)15)14(17-2)10-6-11(16)8-18-7-10/h3-8,14,17H,1-2H3. The number of nitrogens with one attached hydrogen (secondary N) is 1. The molecule has 0 aliphatic carbocycles. The third-order valence-corrected chi connectivity index (χ3v) is 3.83. The summed E-state index contributed by atoms with van der Waals surface area (Å²) in [5.74, 6) is -0.319. The van der Waals surface area contributed by atoms with Crippen molar-refractivity contribution in [3.05, 3.63) is 63.6 Å². The minimum absolute atomic E-state index is 0.0642. The van der Waals surface area contributed by atoms with Gasteiger partial charge in [0.2, 0.25) is 0 Å². The molecule has 1 atom stereocenters. The van der Waals surface area contributed by atoms with Gasteiger partial charge < -0.3 is 5.32 Å². The summed E-state index contributed by atoms with van der Waals surface area (Å²) in [6, 6.07) is 7.45. The Balaban J connectivity index is 2.49. The first kappa shape index (κ1) is 13.2. The van der Waals surface area contributed by atoms with Gasteiger partial charge in [0.05, 0.1) is 12.2 Å². The van der Waals surface area contributed by atoms with E-state index in [0.29, 0.717) is 0 Å². The van der Waals surface area contributed by atoms with Crippen LogP contribution in [0, 0.1) is 12.7 Å². The van der Waals surface area contributed by atoms with Crippen molar-refractivity contribution < 1.29 is 4.39 Å². The van der Waals surface area contributed by atoms with E-state index in [0.717, 1.165) is 21.2 Å². The Labute approximate surface area is 114 Å². The lowest BCUT2D eigenvalue weighted by atomic mass is 9.96. The van der Waals surface area contributed by atoms with Gasteiger partial charge in [0.1, 0.15) is 5.82 Å². The maximum Gasteiger partial charge on any atom is 0.141 e. The molecule has 2 nitrogen and oxygen atoms in total. The van der Waals surface area contributed by atoms with Gasteiger partial charge in [0, 0.05) is 10.7 Å². The second-order valence-corrected chi connectivity index (χ2v) is 4.97. The van der Waals surface area contributed by atoms with Gasteiger partial charge in [0.25, 0.3) is 0 Å². The average Bonchev–Trinajstić information content (AvgIpc) is 2.35. The van der Waals surface area contributed by atoms with Crippen LogP contribution in [-0.2, 0) is 0 Å². The van der Waals surface area contributed by atoms with Crippen LogP contribution in [0.25, 0.3) is 0 Å². The lowest BCUT2D eigenvalue weighted by molar-refractivity contribution is 0.608. The molecule has 0 spiro atoms. The average molecular weight is 309 g/mol. The van der Waals surface area contributed by atoms with Crippen LogP contribution in [0.1, 0.15) is 22.7 Å². The molecule has 18 heavy (non-hydrogen) atoms. The van der Waals surface area contributed by atoms with Gasteiger partial charge in [-0.05, 0) is 42.8 Å². The van der Waals surface area contributed by atoms with Crippen molar-refractivity contribution in [2.24, 2.45) is 0 Å². The fourth-order valence-corrected chi connectivity index (χ4v) is 2.41. The van der Waals surface area contributed by atoms with Crippen molar-refractivity contribution >= 4 is 15.9 Å². The third-order valence-electron chi connectivity index (χ3n) is 2.97. The van der Waals surface area contributed by atoms with Crippen LogP contribution in [0.2, 0.25) is 0 Å². The second-order valence-electron chi connectivity index (χ2n) is 4.11. The highest BCUT2D eigenvalue weighted by Crippen LogP contribution is 2.28. The zero-order chi connectivity index (χ0) is 13.1. The summed E-state index contributed by atoms with van der Waals surface area (Å²) in [7, 11) is 1.86. The number of hydrogen-bond acceptors (Lipinski definition) is 2. The summed E-state index contributed by atoms with van der Waals surface area (Å²) < 4.78 is 14.3. The van der Waals surface area contributed by atoms with Crippen LogP contribution in [-0.4, -0.2) is 12.0 Å².